The van der Waals surface area contributed by atoms with Crippen LogP contribution in [0.5, 0.6) is 5.75 Å². The average molecular weight is 680 g/mol. The summed E-state index contributed by atoms with van der Waals surface area (Å²) in [5, 5.41) is 4.41. The number of fused-ring (bicyclic) bond motifs is 3. The Hall–Kier alpha value is -5.20. The minimum absolute atomic E-state index is 0.219. The van der Waals surface area contributed by atoms with E-state index in [4.69, 9.17) is 9.47 Å². The third-order valence-electron chi connectivity index (χ3n) is 8.53. The largest absolute Gasteiger partial charge is 0.497 e. The molecule has 5 aromatic rings. The number of ether oxygens (including phenoxy) is 2. The SMILES string of the molecule is CCOC(=O)c1ccc(N2C(=O)C3Sc4c(sc(=O)n4CC(=O)Nc4cccc5ccccc45)[C@H](c4ccc(OC)cc4)C3C2=O)cc1. The second-order valence-electron chi connectivity index (χ2n) is 11.3. The number of aromatic nitrogens is 1. The molecule has 2 aliphatic rings. The number of methoxy groups -OCH3 is 1. The highest BCUT2D eigenvalue weighted by Gasteiger charge is 2.56. The van der Waals surface area contributed by atoms with Gasteiger partial charge in [-0.2, -0.15) is 0 Å². The highest BCUT2D eigenvalue weighted by atomic mass is 32.2. The van der Waals surface area contributed by atoms with Crippen molar-refractivity contribution in [1.29, 1.82) is 0 Å². The number of imide groups is 1. The van der Waals surface area contributed by atoms with Crippen molar-refractivity contribution in [2.75, 3.05) is 23.9 Å². The third kappa shape index (κ3) is 5.46. The Labute approximate surface area is 283 Å². The molecule has 0 bridgehead atoms. The molecule has 1 saturated heterocycles. The molecule has 3 heterocycles. The van der Waals surface area contributed by atoms with Gasteiger partial charge in [-0.1, -0.05) is 71.6 Å². The summed E-state index contributed by atoms with van der Waals surface area (Å²) >= 11 is 2.12. The van der Waals surface area contributed by atoms with Gasteiger partial charge in [0.25, 0.3) is 0 Å². The topological polar surface area (TPSA) is 124 Å². The predicted octanol–water partition coefficient (Wildman–Crippen LogP) is 5.68. The van der Waals surface area contributed by atoms with E-state index in [1.807, 2.05) is 54.6 Å². The molecule has 0 spiro atoms. The van der Waals surface area contributed by atoms with E-state index >= 15 is 0 Å². The molecule has 4 aromatic carbocycles. The van der Waals surface area contributed by atoms with Gasteiger partial charge in [0.15, 0.2) is 0 Å². The van der Waals surface area contributed by atoms with Crippen LogP contribution in [0.25, 0.3) is 10.8 Å². The maximum Gasteiger partial charge on any atom is 0.338 e. The van der Waals surface area contributed by atoms with Gasteiger partial charge in [0, 0.05) is 21.9 Å². The Morgan fingerprint density at radius 2 is 1.60 bits per heavy atom. The van der Waals surface area contributed by atoms with Gasteiger partial charge in [-0.15, -0.1) is 0 Å². The van der Waals surface area contributed by atoms with E-state index in [9.17, 15) is 24.0 Å². The van der Waals surface area contributed by atoms with Crippen LogP contribution in [0, 0.1) is 5.92 Å². The molecule has 1 N–H and O–H groups in total. The van der Waals surface area contributed by atoms with Crippen LogP contribution in [0.1, 0.15) is 33.6 Å². The van der Waals surface area contributed by atoms with Gasteiger partial charge in [0.1, 0.15) is 17.5 Å². The van der Waals surface area contributed by atoms with Crippen LogP contribution >= 0.6 is 23.1 Å². The number of thiazole rings is 1. The molecule has 2 aliphatic heterocycles. The molecule has 3 atom stereocenters. The second kappa shape index (κ2) is 12.8. The lowest BCUT2D eigenvalue weighted by molar-refractivity contribution is -0.122. The summed E-state index contributed by atoms with van der Waals surface area (Å²) in [7, 11) is 1.56. The fraction of sp³-hybridized carbons (Fsp3) is 0.194. The molecule has 10 nitrogen and oxygen atoms in total. The van der Waals surface area contributed by atoms with E-state index in [1.165, 1.54) is 16.7 Å². The molecule has 48 heavy (non-hydrogen) atoms. The van der Waals surface area contributed by atoms with Crippen LogP contribution in [0.15, 0.2) is 101 Å². The van der Waals surface area contributed by atoms with Crippen LogP contribution < -0.4 is 19.8 Å². The Kier molecular flexibility index (Phi) is 8.36. The first-order valence-electron chi connectivity index (χ1n) is 15.3. The number of rotatable bonds is 8. The minimum Gasteiger partial charge on any atom is -0.497 e. The Bertz CT molecular complexity index is 2130. The van der Waals surface area contributed by atoms with Crippen molar-refractivity contribution < 1.29 is 28.7 Å². The zero-order chi connectivity index (χ0) is 33.5. The van der Waals surface area contributed by atoms with Crippen LogP contribution in [0.3, 0.4) is 0 Å². The quantitative estimate of drug-likeness (QED) is 0.164. The zero-order valence-electron chi connectivity index (χ0n) is 25.9. The van der Waals surface area contributed by atoms with Gasteiger partial charge in [-0.3, -0.25) is 23.7 Å². The molecule has 1 fully saturated rings. The van der Waals surface area contributed by atoms with Crippen molar-refractivity contribution in [2.45, 2.75) is 29.7 Å². The molecule has 0 saturated carbocycles. The van der Waals surface area contributed by atoms with Crippen LogP contribution in [-0.2, 0) is 25.7 Å². The number of hydrogen-bond acceptors (Lipinski definition) is 9. The molecule has 0 aliphatic carbocycles. The van der Waals surface area contributed by atoms with Gasteiger partial charge >= 0.3 is 10.8 Å². The van der Waals surface area contributed by atoms with E-state index in [-0.39, 0.29) is 18.0 Å². The fourth-order valence-corrected chi connectivity index (χ4v) is 9.08. The summed E-state index contributed by atoms with van der Waals surface area (Å²) in [6.45, 7) is 1.66. The molecule has 7 rings (SSSR count). The number of carbonyl (C=O) groups excluding carboxylic acids is 4. The molecule has 2 unspecified atom stereocenters. The third-order valence-corrected chi connectivity index (χ3v) is 11.1. The maximum atomic E-state index is 14.2. The standard InChI is InChI=1S/C36H29N3O7S2/c1-3-46-35(43)22-11-15-23(16-12-22)39-32(41)29-28(21-13-17-24(45-2)18-14-21)31-34(47-30(29)33(39)42)38(36(44)48-31)19-27(40)37-26-10-6-8-20-7-4-5-9-25(20)26/h4-18,28-30H,3,19H2,1-2H3,(H,37,40)/t28-,29?,30?/m1/s1. The van der Waals surface area contributed by atoms with Gasteiger partial charge < -0.3 is 14.8 Å². The van der Waals surface area contributed by atoms with E-state index in [0.717, 1.165) is 44.3 Å². The second-order valence-corrected chi connectivity index (χ2v) is 13.4. The van der Waals surface area contributed by atoms with Gasteiger partial charge in [-0.25, -0.2) is 9.69 Å². The van der Waals surface area contributed by atoms with Gasteiger partial charge in [0.2, 0.25) is 17.7 Å². The first-order valence-corrected chi connectivity index (χ1v) is 17.0. The zero-order valence-corrected chi connectivity index (χ0v) is 27.5. The average Bonchev–Trinajstić information content (AvgIpc) is 3.54. The minimum atomic E-state index is -0.858. The van der Waals surface area contributed by atoms with Crippen LogP contribution in [0.2, 0.25) is 0 Å². The summed E-state index contributed by atoms with van der Waals surface area (Å²) in [5.41, 5.74) is 1.99. The fourth-order valence-electron chi connectivity index (χ4n) is 6.31. The van der Waals surface area contributed by atoms with Crippen LogP contribution in [0.4, 0.5) is 11.4 Å². The highest BCUT2D eigenvalue weighted by molar-refractivity contribution is 8.00. The normalized spacial score (nSPS) is 18.4. The molecule has 12 heteroatoms. The highest BCUT2D eigenvalue weighted by Crippen LogP contribution is 2.54. The summed E-state index contributed by atoms with van der Waals surface area (Å²) in [5.74, 6) is -2.56. The Balaban J connectivity index is 1.25. The van der Waals surface area contributed by atoms with E-state index in [0.29, 0.717) is 32.6 Å². The Morgan fingerprint density at radius 3 is 2.33 bits per heavy atom. The van der Waals surface area contributed by atoms with E-state index < -0.39 is 40.8 Å². The summed E-state index contributed by atoms with van der Waals surface area (Å²) in [6.07, 6.45) is 0. The molecule has 0 radical (unpaired) electrons. The smallest absolute Gasteiger partial charge is 0.338 e. The lowest BCUT2D eigenvalue weighted by atomic mass is 9.83. The Morgan fingerprint density at radius 1 is 0.875 bits per heavy atom. The lowest BCUT2D eigenvalue weighted by Gasteiger charge is -2.30. The summed E-state index contributed by atoms with van der Waals surface area (Å²) < 4.78 is 11.8. The number of carbonyl (C=O) groups is 4. The molecule has 1 aromatic heterocycles. The number of benzene rings is 4. The number of hydrogen-bond donors (Lipinski definition) is 1. The van der Waals surface area contributed by atoms with E-state index in [2.05, 4.69) is 5.32 Å². The molecule has 3 amide bonds. The van der Waals surface area contributed by atoms with Crippen molar-refractivity contribution in [3.05, 3.63) is 117 Å². The number of amides is 3. The lowest BCUT2D eigenvalue weighted by Crippen LogP contribution is -2.33. The monoisotopic (exact) mass is 679 g/mol. The van der Waals surface area contributed by atoms with Crippen molar-refractivity contribution in [3.63, 3.8) is 0 Å². The van der Waals surface area contributed by atoms with Crippen molar-refractivity contribution in [1.82, 2.24) is 4.57 Å². The van der Waals surface area contributed by atoms with Gasteiger partial charge in [0.05, 0.1) is 35.9 Å². The molecular weight excluding hydrogens is 651 g/mol. The number of esters is 1. The number of nitrogens with zero attached hydrogens (tertiary/aromatic N) is 2. The van der Waals surface area contributed by atoms with Crippen molar-refractivity contribution >= 4 is 68.9 Å². The molecule has 242 valence electrons. The number of anilines is 2. The van der Waals surface area contributed by atoms with Crippen molar-refractivity contribution in [2.24, 2.45) is 5.92 Å². The van der Waals surface area contributed by atoms with Crippen LogP contribution in [-0.4, -0.2) is 47.2 Å². The van der Waals surface area contributed by atoms with Gasteiger partial charge in [-0.05, 0) is 60.3 Å². The first kappa shape index (κ1) is 31.4. The summed E-state index contributed by atoms with van der Waals surface area (Å²) in [6, 6.07) is 26.6. The predicted molar refractivity (Wildman–Crippen MR) is 184 cm³/mol. The number of thioether (sulfide) groups is 1. The maximum absolute atomic E-state index is 14.2. The molecular formula is C36H29N3O7S2. The van der Waals surface area contributed by atoms with E-state index in [1.54, 1.807) is 38.3 Å². The first-order chi connectivity index (χ1) is 23.3. The van der Waals surface area contributed by atoms with Crippen molar-refractivity contribution in [3.8, 4) is 5.75 Å². The summed E-state index contributed by atoms with van der Waals surface area (Å²) in [4.78, 5) is 68.9. The number of nitrogens with one attached hydrogen (secondary N) is 1.